The number of carbonyl (C=O) groups is 2. The number of alkyl carbamates (subject to hydrolysis) is 1. The van der Waals surface area contributed by atoms with Gasteiger partial charge in [-0.1, -0.05) is 54.6 Å². The molecular formula is C25H22BrNO5. The van der Waals surface area contributed by atoms with Gasteiger partial charge in [-0.3, -0.25) is 4.79 Å². The van der Waals surface area contributed by atoms with Crippen molar-refractivity contribution in [3.63, 3.8) is 0 Å². The minimum Gasteiger partial charge on any atom is -0.496 e. The van der Waals surface area contributed by atoms with Crippen LogP contribution in [0.25, 0.3) is 11.1 Å². The number of amides is 1. The van der Waals surface area contributed by atoms with Crippen molar-refractivity contribution in [2.75, 3.05) is 13.7 Å². The van der Waals surface area contributed by atoms with Crippen LogP contribution < -0.4 is 10.1 Å². The molecule has 0 aromatic heterocycles. The smallest absolute Gasteiger partial charge is 0.407 e. The highest BCUT2D eigenvalue weighted by Crippen LogP contribution is 2.44. The average molecular weight is 496 g/mol. The number of carbonyl (C=O) groups excluding carboxylic acids is 1. The van der Waals surface area contributed by atoms with Crippen LogP contribution in [0.3, 0.4) is 0 Å². The van der Waals surface area contributed by atoms with Gasteiger partial charge < -0.3 is 19.9 Å². The van der Waals surface area contributed by atoms with Crippen LogP contribution in [0.4, 0.5) is 4.79 Å². The first kappa shape index (κ1) is 21.9. The Morgan fingerprint density at radius 1 is 1.03 bits per heavy atom. The minimum absolute atomic E-state index is 0.0683. The Kier molecular flexibility index (Phi) is 6.46. The Labute approximate surface area is 194 Å². The zero-order valence-corrected chi connectivity index (χ0v) is 19.0. The molecule has 0 unspecified atom stereocenters. The minimum atomic E-state index is -1.03. The summed E-state index contributed by atoms with van der Waals surface area (Å²) in [4.78, 5) is 24.0. The van der Waals surface area contributed by atoms with Crippen molar-refractivity contribution < 1.29 is 24.2 Å². The molecule has 3 aromatic rings. The third kappa shape index (κ3) is 4.48. The van der Waals surface area contributed by atoms with E-state index in [1.54, 1.807) is 25.3 Å². The quantitative estimate of drug-likeness (QED) is 0.451. The molecule has 6 nitrogen and oxygen atoms in total. The van der Waals surface area contributed by atoms with Crippen LogP contribution in [0.15, 0.2) is 71.2 Å². The van der Waals surface area contributed by atoms with Gasteiger partial charge in [0.15, 0.2) is 0 Å². The molecule has 7 heteroatoms. The number of carboxylic acids is 1. The second kappa shape index (κ2) is 9.44. The number of rotatable bonds is 7. The summed E-state index contributed by atoms with van der Waals surface area (Å²) < 4.78 is 11.5. The Hall–Kier alpha value is -3.32. The Morgan fingerprint density at radius 2 is 1.66 bits per heavy atom. The number of hydrogen-bond donors (Lipinski definition) is 2. The largest absolute Gasteiger partial charge is 0.496 e. The highest BCUT2D eigenvalue weighted by Gasteiger charge is 2.29. The number of nitrogens with one attached hydrogen (secondary N) is 1. The maximum Gasteiger partial charge on any atom is 0.407 e. The normalized spacial score (nSPS) is 13.1. The molecule has 1 amide bonds. The zero-order chi connectivity index (χ0) is 22.7. The number of ether oxygens (including phenoxy) is 2. The fourth-order valence-corrected chi connectivity index (χ4v) is 4.67. The molecule has 1 aliphatic rings. The molecule has 3 aromatic carbocycles. The van der Waals surface area contributed by atoms with Gasteiger partial charge in [0.1, 0.15) is 12.4 Å². The van der Waals surface area contributed by atoms with Gasteiger partial charge in [0, 0.05) is 5.92 Å². The van der Waals surface area contributed by atoms with Crippen LogP contribution >= 0.6 is 15.9 Å². The molecule has 0 saturated carbocycles. The van der Waals surface area contributed by atoms with E-state index in [0.717, 1.165) is 22.3 Å². The predicted octanol–water partition coefficient (Wildman–Crippen LogP) is 5.51. The van der Waals surface area contributed by atoms with Gasteiger partial charge in [-0.2, -0.15) is 0 Å². The van der Waals surface area contributed by atoms with E-state index >= 15 is 0 Å². The maximum absolute atomic E-state index is 12.6. The Morgan fingerprint density at radius 3 is 2.22 bits per heavy atom. The maximum atomic E-state index is 12.6. The molecule has 0 heterocycles. The van der Waals surface area contributed by atoms with Gasteiger partial charge in [-0.15, -0.1) is 0 Å². The summed E-state index contributed by atoms with van der Waals surface area (Å²) in [6, 6.07) is 20.6. The molecule has 1 aliphatic carbocycles. The van der Waals surface area contributed by atoms with Gasteiger partial charge in [0.2, 0.25) is 0 Å². The van der Waals surface area contributed by atoms with Gasteiger partial charge in [-0.05, 0) is 55.9 Å². The first-order valence-corrected chi connectivity index (χ1v) is 10.9. The lowest BCUT2D eigenvalue weighted by molar-refractivity contribution is -0.137. The molecule has 32 heavy (non-hydrogen) atoms. The van der Waals surface area contributed by atoms with E-state index in [4.69, 9.17) is 9.47 Å². The molecule has 0 aliphatic heterocycles. The Bertz CT molecular complexity index is 1120. The van der Waals surface area contributed by atoms with Crippen LogP contribution in [0.1, 0.15) is 35.1 Å². The van der Waals surface area contributed by atoms with E-state index in [9.17, 15) is 14.7 Å². The lowest BCUT2D eigenvalue weighted by Crippen LogP contribution is -2.31. The van der Waals surface area contributed by atoms with Gasteiger partial charge in [-0.25, -0.2) is 4.79 Å². The van der Waals surface area contributed by atoms with E-state index in [1.807, 2.05) is 36.4 Å². The van der Waals surface area contributed by atoms with Crippen molar-refractivity contribution in [1.29, 1.82) is 0 Å². The summed E-state index contributed by atoms with van der Waals surface area (Å²) in [7, 11) is 1.55. The van der Waals surface area contributed by atoms with Crippen molar-refractivity contribution in [3.8, 4) is 16.9 Å². The van der Waals surface area contributed by atoms with Gasteiger partial charge >= 0.3 is 12.1 Å². The van der Waals surface area contributed by atoms with E-state index in [-0.39, 0.29) is 18.9 Å². The SMILES string of the molecule is COc1ccc([C@H](CC(=O)O)NC(=O)OCC2c3ccccc3-c3ccccc32)cc1Br. The second-order valence-corrected chi connectivity index (χ2v) is 8.37. The molecule has 0 saturated heterocycles. The van der Waals surface area contributed by atoms with Crippen LogP contribution in [-0.2, 0) is 9.53 Å². The molecule has 0 fully saturated rings. The summed E-state index contributed by atoms with van der Waals surface area (Å²) >= 11 is 3.40. The molecule has 164 valence electrons. The van der Waals surface area contributed by atoms with Crippen molar-refractivity contribution in [2.24, 2.45) is 0 Å². The fraction of sp³-hybridized carbons (Fsp3) is 0.200. The third-order valence-corrected chi connectivity index (χ3v) is 6.21. The summed E-state index contributed by atoms with van der Waals surface area (Å²) in [5.41, 5.74) is 5.15. The third-order valence-electron chi connectivity index (χ3n) is 5.59. The van der Waals surface area contributed by atoms with Crippen LogP contribution in [0.5, 0.6) is 5.75 Å². The summed E-state index contributed by atoms with van der Waals surface area (Å²) in [5, 5.41) is 12.0. The van der Waals surface area contributed by atoms with Crippen molar-refractivity contribution in [1.82, 2.24) is 5.32 Å². The lowest BCUT2D eigenvalue weighted by Gasteiger charge is -2.20. The van der Waals surface area contributed by atoms with Crippen LogP contribution in [-0.4, -0.2) is 30.9 Å². The first-order valence-electron chi connectivity index (χ1n) is 10.1. The average Bonchev–Trinajstić information content (AvgIpc) is 3.10. The lowest BCUT2D eigenvalue weighted by atomic mass is 9.98. The number of methoxy groups -OCH3 is 1. The van der Waals surface area contributed by atoms with Gasteiger partial charge in [0.05, 0.1) is 24.0 Å². The summed E-state index contributed by atoms with van der Waals surface area (Å²) in [6.45, 7) is 0.159. The standard InChI is InChI=1S/C25H22BrNO5/c1-31-23-11-10-15(12-21(23)26)22(13-24(28)29)27-25(30)32-14-20-18-8-4-2-6-16(18)17-7-3-5-9-19(17)20/h2-12,20,22H,13-14H2,1H3,(H,27,30)(H,28,29)/t22-/m0/s1. The molecule has 4 rings (SSSR count). The predicted molar refractivity (Wildman–Crippen MR) is 124 cm³/mol. The van der Waals surface area contributed by atoms with E-state index in [2.05, 4.69) is 33.4 Å². The van der Waals surface area contributed by atoms with E-state index in [0.29, 0.717) is 15.8 Å². The van der Waals surface area contributed by atoms with E-state index < -0.39 is 18.1 Å². The van der Waals surface area contributed by atoms with Crippen molar-refractivity contribution in [2.45, 2.75) is 18.4 Å². The highest BCUT2D eigenvalue weighted by atomic mass is 79.9. The number of aliphatic carboxylic acids is 1. The number of benzene rings is 3. The highest BCUT2D eigenvalue weighted by molar-refractivity contribution is 9.10. The summed E-state index contributed by atoms with van der Waals surface area (Å²) in [5.74, 6) is -0.481. The van der Waals surface area contributed by atoms with E-state index in [1.165, 1.54) is 0 Å². The van der Waals surface area contributed by atoms with Crippen LogP contribution in [0, 0.1) is 0 Å². The monoisotopic (exact) mass is 495 g/mol. The first-order chi connectivity index (χ1) is 15.5. The molecule has 1 atom stereocenters. The number of hydrogen-bond acceptors (Lipinski definition) is 4. The number of halogens is 1. The van der Waals surface area contributed by atoms with Gasteiger partial charge in [0.25, 0.3) is 0 Å². The zero-order valence-electron chi connectivity index (χ0n) is 17.4. The second-order valence-electron chi connectivity index (χ2n) is 7.51. The Balaban J connectivity index is 1.48. The molecular weight excluding hydrogens is 474 g/mol. The van der Waals surface area contributed by atoms with Crippen molar-refractivity contribution >= 4 is 28.0 Å². The summed E-state index contributed by atoms with van der Waals surface area (Å²) in [6.07, 6.45) is -0.937. The number of fused-ring (bicyclic) bond motifs is 3. The fourth-order valence-electron chi connectivity index (χ4n) is 4.11. The van der Waals surface area contributed by atoms with Crippen molar-refractivity contribution in [3.05, 3.63) is 87.9 Å². The molecule has 0 radical (unpaired) electrons. The van der Waals surface area contributed by atoms with Crippen LogP contribution in [0.2, 0.25) is 0 Å². The number of carboxylic acid groups (broad SMARTS) is 1. The molecule has 0 spiro atoms. The topological polar surface area (TPSA) is 84.9 Å². The molecule has 2 N–H and O–H groups in total. The molecule has 0 bridgehead atoms.